The molecular weight excluding hydrogens is 280 g/mol. The zero-order valence-electron chi connectivity index (χ0n) is 12.8. The van der Waals surface area contributed by atoms with E-state index in [0.29, 0.717) is 23.5 Å². The van der Waals surface area contributed by atoms with Crippen LogP contribution < -0.4 is 20.5 Å². The SMILES string of the molecule is COc1ccc(CCNC(=O)c2ccc(N)c(OC)c2)cc1. The number of hydrogen-bond acceptors (Lipinski definition) is 4. The lowest BCUT2D eigenvalue weighted by Crippen LogP contribution is -2.25. The third-order valence-electron chi connectivity index (χ3n) is 3.35. The maximum absolute atomic E-state index is 12.1. The Bertz CT molecular complexity index is 639. The van der Waals surface area contributed by atoms with Crippen LogP contribution in [0.5, 0.6) is 11.5 Å². The minimum Gasteiger partial charge on any atom is -0.497 e. The van der Waals surface area contributed by atoms with Crippen LogP contribution in [0.4, 0.5) is 5.69 Å². The quantitative estimate of drug-likeness (QED) is 0.803. The van der Waals surface area contributed by atoms with E-state index in [-0.39, 0.29) is 5.91 Å². The molecule has 0 heterocycles. The van der Waals surface area contributed by atoms with E-state index < -0.39 is 0 Å². The first kappa shape index (κ1) is 15.7. The van der Waals surface area contributed by atoms with Gasteiger partial charge in [0.05, 0.1) is 19.9 Å². The second-order valence-corrected chi connectivity index (χ2v) is 4.81. The van der Waals surface area contributed by atoms with Crippen LogP contribution >= 0.6 is 0 Å². The van der Waals surface area contributed by atoms with Crippen LogP contribution in [-0.4, -0.2) is 26.7 Å². The van der Waals surface area contributed by atoms with Gasteiger partial charge >= 0.3 is 0 Å². The molecule has 2 rings (SSSR count). The van der Waals surface area contributed by atoms with Crippen LogP contribution in [0, 0.1) is 0 Å². The Kier molecular flexibility index (Phi) is 5.25. The lowest BCUT2D eigenvalue weighted by molar-refractivity contribution is 0.0954. The van der Waals surface area contributed by atoms with Crippen LogP contribution in [0.25, 0.3) is 0 Å². The topological polar surface area (TPSA) is 73.6 Å². The molecule has 0 spiro atoms. The molecule has 0 aliphatic heterocycles. The number of nitrogen functional groups attached to an aromatic ring is 1. The molecule has 0 fully saturated rings. The molecule has 0 unspecified atom stereocenters. The van der Waals surface area contributed by atoms with Crippen LogP contribution in [-0.2, 0) is 6.42 Å². The highest BCUT2D eigenvalue weighted by molar-refractivity contribution is 5.95. The lowest BCUT2D eigenvalue weighted by Gasteiger charge is -2.09. The van der Waals surface area contributed by atoms with E-state index >= 15 is 0 Å². The van der Waals surface area contributed by atoms with Gasteiger partial charge < -0.3 is 20.5 Å². The number of ether oxygens (including phenoxy) is 2. The fourth-order valence-corrected chi connectivity index (χ4v) is 2.07. The fraction of sp³-hybridized carbons (Fsp3) is 0.235. The van der Waals surface area contributed by atoms with E-state index in [1.807, 2.05) is 24.3 Å². The van der Waals surface area contributed by atoms with Gasteiger partial charge in [-0.2, -0.15) is 0 Å². The van der Waals surface area contributed by atoms with Crippen molar-refractivity contribution in [3.05, 3.63) is 53.6 Å². The first-order valence-electron chi connectivity index (χ1n) is 6.98. The second-order valence-electron chi connectivity index (χ2n) is 4.81. The van der Waals surface area contributed by atoms with Crippen molar-refractivity contribution >= 4 is 11.6 Å². The maximum Gasteiger partial charge on any atom is 0.251 e. The predicted octanol–water partition coefficient (Wildman–Crippen LogP) is 2.26. The molecule has 5 heteroatoms. The van der Waals surface area contributed by atoms with Gasteiger partial charge in [-0.3, -0.25) is 4.79 Å². The van der Waals surface area contributed by atoms with Gasteiger partial charge in [0.15, 0.2) is 0 Å². The number of methoxy groups -OCH3 is 2. The number of rotatable bonds is 6. The summed E-state index contributed by atoms with van der Waals surface area (Å²) in [5.74, 6) is 1.18. The molecule has 2 aromatic rings. The maximum atomic E-state index is 12.1. The molecule has 22 heavy (non-hydrogen) atoms. The van der Waals surface area contributed by atoms with Crippen molar-refractivity contribution in [3.8, 4) is 11.5 Å². The molecule has 0 aliphatic carbocycles. The number of amides is 1. The zero-order chi connectivity index (χ0) is 15.9. The van der Waals surface area contributed by atoms with Crippen LogP contribution in [0.3, 0.4) is 0 Å². The molecule has 0 aromatic heterocycles. The van der Waals surface area contributed by atoms with E-state index in [2.05, 4.69) is 5.32 Å². The Morgan fingerprint density at radius 2 is 1.82 bits per heavy atom. The molecule has 0 radical (unpaired) electrons. The Hall–Kier alpha value is -2.69. The molecule has 0 atom stereocenters. The van der Waals surface area contributed by atoms with Gasteiger partial charge in [-0.15, -0.1) is 0 Å². The number of nitrogens with two attached hydrogens (primary N) is 1. The molecule has 0 bridgehead atoms. The Morgan fingerprint density at radius 1 is 1.09 bits per heavy atom. The average Bonchev–Trinajstić information content (AvgIpc) is 2.55. The summed E-state index contributed by atoms with van der Waals surface area (Å²) in [6, 6.07) is 12.8. The van der Waals surface area contributed by atoms with Gasteiger partial charge in [0.1, 0.15) is 11.5 Å². The van der Waals surface area contributed by atoms with Gasteiger partial charge in [-0.1, -0.05) is 12.1 Å². The summed E-state index contributed by atoms with van der Waals surface area (Å²) in [5.41, 5.74) is 7.91. The van der Waals surface area contributed by atoms with Gasteiger partial charge in [0.25, 0.3) is 5.91 Å². The minimum atomic E-state index is -0.146. The first-order valence-corrected chi connectivity index (χ1v) is 6.98. The van der Waals surface area contributed by atoms with Crippen molar-refractivity contribution in [3.63, 3.8) is 0 Å². The van der Waals surface area contributed by atoms with Crippen molar-refractivity contribution in [2.24, 2.45) is 0 Å². The number of benzene rings is 2. The van der Waals surface area contributed by atoms with Gasteiger partial charge in [-0.05, 0) is 42.3 Å². The molecule has 1 amide bonds. The number of carbonyl (C=O) groups is 1. The van der Waals surface area contributed by atoms with Crippen molar-refractivity contribution in [2.75, 3.05) is 26.5 Å². The Labute approximate surface area is 130 Å². The van der Waals surface area contributed by atoms with E-state index in [1.165, 1.54) is 7.11 Å². The molecule has 0 aliphatic rings. The van der Waals surface area contributed by atoms with E-state index in [0.717, 1.165) is 17.7 Å². The molecule has 116 valence electrons. The largest absolute Gasteiger partial charge is 0.497 e. The molecule has 5 nitrogen and oxygen atoms in total. The number of nitrogens with one attached hydrogen (secondary N) is 1. The van der Waals surface area contributed by atoms with Crippen molar-refractivity contribution in [1.82, 2.24) is 5.32 Å². The molecule has 0 saturated carbocycles. The predicted molar refractivity (Wildman–Crippen MR) is 86.4 cm³/mol. The summed E-state index contributed by atoms with van der Waals surface area (Å²) in [4.78, 5) is 12.1. The summed E-state index contributed by atoms with van der Waals surface area (Å²) < 4.78 is 10.2. The van der Waals surface area contributed by atoms with E-state index in [9.17, 15) is 4.79 Å². The molecule has 2 aromatic carbocycles. The van der Waals surface area contributed by atoms with Gasteiger partial charge in [0, 0.05) is 12.1 Å². The fourth-order valence-electron chi connectivity index (χ4n) is 2.07. The van der Waals surface area contributed by atoms with Gasteiger partial charge in [0.2, 0.25) is 0 Å². The summed E-state index contributed by atoms with van der Waals surface area (Å²) in [6.45, 7) is 0.553. The average molecular weight is 300 g/mol. The van der Waals surface area contributed by atoms with Crippen molar-refractivity contribution in [1.29, 1.82) is 0 Å². The van der Waals surface area contributed by atoms with E-state index in [1.54, 1.807) is 25.3 Å². The number of anilines is 1. The van der Waals surface area contributed by atoms with Crippen molar-refractivity contribution < 1.29 is 14.3 Å². The number of hydrogen-bond donors (Lipinski definition) is 2. The normalized spacial score (nSPS) is 10.1. The van der Waals surface area contributed by atoms with Crippen LogP contribution in [0.15, 0.2) is 42.5 Å². The number of carbonyl (C=O) groups excluding carboxylic acids is 1. The highest BCUT2D eigenvalue weighted by atomic mass is 16.5. The highest BCUT2D eigenvalue weighted by Crippen LogP contribution is 2.22. The van der Waals surface area contributed by atoms with Gasteiger partial charge in [-0.25, -0.2) is 0 Å². The first-order chi connectivity index (χ1) is 10.6. The zero-order valence-corrected chi connectivity index (χ0v) is 12.8. The second kappa shape index (κ2) is 7.36. The Balaban J connectivity index is 1.89. The summed E-state index contributed by atoms with van der Waals surface area (Å²) >= 11 is 0. The van der Waals surface area contributed by atoms with E-state index in [4.69, 9.17) is 15.2 Å². The standard InChI is InChI=1S/C17H20N2O3/c1-21-14-6-3-12(4-7-14)9-10-19-17(20)13-5-8-15(18)16(11-13)22-2/h3-8,11H,9-10,18H2,1-2H3,(H,19,20). The van der Waals surface area contributed by atoms with Crippen LogP contribution in [0.2, 0.25) is 0 Å². The molecular formula is C17H20N2O3. The lowest BCUT2D eigenvalue weighted by atomic mass is 10.1. The molecule has 0 saturated heterocycles. The smallest absolute Gasteiger partial charge is 0.251 e. The summed E-state index contributed by atoms with van der Waals surface area (Å²) in [6.07, 6.45) is 0.752. The monoisotopic (exact) mass is 300 g/mol. The van der Waals surface area contributed by atoms with Crippen molar-refractivity contribution in [2.45, 2.75) is 6.42 Å². The Morgan fingerprint density at radius 3 is 2.45 bits per heavy atom. The highest BCUT2D eigenvalue weighted by Gasteiger charge is 2.08. The third-order valence-corrected chi connectivity index (χ3v) is 3.35. The van der Waals surface area contributed by atoms with Crippen LogP contribution in [0.1, 0.15) is 15.9 Å². The summed E-state index contributed by atoms with van der Waals surface area (Å²) in [7, 11) is 3.16. The minimum absolute atomic E-state index is 0.146. The summed E-state index contributed by atoms with van der Waals surface area (Å²) in [5, 5.41) is 2.88. The third kappa shape index (κ3) is 3.91. The molecule has 3 N–H and O–H groups in total.